The van der Waals surface area contributed by atoms with Crippen LogP contribution < -0.4 is 0 Å². The molecule has 8 nitrogen and oxygen atoms in total. The minimum atomic E-state index is -1.45. The first-order chi connectivity index (χ1) is 7.43. The number of aromatic amines is 1. The van der Waals surface area contributed by atoms with Crippen LogP contribution in [0.3, 0.4) is 0 Å². The summed E-state index contributed by atoms with van der Waals surface area (Å²) in [7, 11) is 0. The van der Waals surface area contributed by atoms with Crippen LogP contribution in [0.25, 0.3) is 0 Å². The quantitative estimate of drug-likeness (QED) is 0.498. The third kappa shape index (κ3) is 2.35. The first-order valence-corrected chi connectivity index (χ1v) is 4.19. The fourth-order valence-corrected chi connectivity index (χ4v) is 1.30. The Labute approximate surface area is 88.7 Å². The van der Waals surface area contributed by atoms with Crippen molar-refractivity contribution in [1.82, 2.24) is 4.98 Å². The van der Waals surface area contributed by atoms with Crippen LogP contribution in [0.5, 0.6) is 0 Å². The van der Waals surface area contributed by atoms with E-state index in [9.17, 15) is 19.7 Å². The molecule has 0 saturated carbocycles. The molecule has 1 heterocycles. The third-order valence-corrected chi connectivity index (χ3v) is 1.98. The number of rotatable bonds is 5. The highest BCUT2D eigenvalue weighted by molar-refractivity contribution is 5.83. The smallest absolute Gasteiger partial charge is 0.313 e. The predicted octanol–water partition coefficient (Wildman–Crippen LogP) is 0.566. The summed E-state index contributed by atoms with van der Waals surface area (Å²) in [6.45, 7) is 0. The molecule has 0 bridgehead atoms. The maximum atomic E-state index is 10.8. The van der Waals surface area contributed by atoms with Crippen molar-refractivity contribution in [1.29, 1.82) is 0 Å². The van der Waals surface area contributed by atoms with Crippen molar-refractivity contribution >= 4 is 17.6 Å². The maximum Gasteiger partial charge on any atom is 0.313 e. The van der Waals surface area contributed by atoms with Gasteiger partial charge in [-0.05, 0) is 0 Å². The summed E-state index contributed by atoms with van der Waals surface area (Å²) < 4.78 is 0. The molecule has 1 aromatic heterocycles. The molecule has 0 radical (unpaired) electrons. The van der Waals surface area contributed by atoms with Gasteiger partial charge in [-0.15, -0.1) is 0 Å². The molecule has 0 aliphatic rings. The van der Waals surface area contributed by atoms with Crippen molar-refractivity contribution in [3.63, 3.8) is 0 Å². The lowest BCUT2D eigenvalue weighted by Crippen LogP contribution is -2.17. The number of nitrogens with zero attached hydrogens (tertiary/aromatic N) is 1. The fourth-order valence-electron chi connectivity index (χ4n) is 1.30. The third-order valence-electron chi connectivity index (χ3n) is 1.98. The lowest BCUT2D eigenvalue weighted by molar-refractivity contribution is -0.385. The van der Waals surface area contributed by atoms with Gasteiger partial charge in [0.2, 0.25) is 0 Å². The van der Waals surface area contributed by atoms with Crippen molar-refractivity contribution in [3.8, 4) is 0 Å². The lowest BCUT2D eigenvalue weighted by Gasteiger charge is -2.07. The molecule has 0 spiro atoms. The number of aromatic nitrogens is 1. The standard InChI is InChI=1S/C8H8N2O6/c11-6(12)3-4(8(13)14)7-5(10(15)16)1-2-9-7/h1-2,4,9H,3H2,(H,11,12)(H,13,14). The molecular weight excluding hydrogens is 220 g/mol. The second-order valence-corrected chi connectivity index (χ2v) is 3.02. The van der Waals surface area contributed by atoms with Crippen molar-refractivity contribution in [2.24, 2.45) is 0 Å². The minimum absolute atomic E-state index is 0.208. The van der Waals surface area contributed by atoms with Gasteiger partial charge >= 0.3 is 11.9 Å². The van der Waals surface area contributed by atoms with E-state index in [0.717, 1.165) is 6.07 Å². The fraction of sp³-hybridized carbons (Fsp3) is 0.250. The van der Waals surface area contributed by atoms with Crippen LogP contribution in [0.15, 0.2) is 12.3 Å². The molecule has 0 amide bonds. The van der Waals surface area contributed by atoms with Crippen LogP contribution in [0, 0.1) is 10.1 Å². The lowest BCUT2D eigenvalue weighted by atomic mass is 10.0. The monoisotopic (exact) mass is 228 g/mol. The van der Waals surface area contributed by atoms with Crippen LogP contribution in [-0.2, 0) is 9.59 Å². The zero-order chi connectivity index (χ0) is 12.3. The van der Waals surface area contributed by atoms with Gasteiger partial charge in [0.05, 0.1) is 11.3 Å². The largest absolute Gasteiger partial charge is 0.481 e. The Balaban J connectivity index is 3.10. The molecule has 0 aliphatic heterocycles. The molecule has 0 aromatic carbocycles. The predicted molar refractivity (Wildman–Crippen MR) is 50.1 cm³/mol. The molecule has 0 saturated heterocycles. The number of H-pyrrole nitrogens is 1. The molecule has 0 aliphatic carbocycles. The highest BCUT2D eigenvalue weighted by Crippen LogP contribution is 2.27. The average molecular weight is 228 g/mol. The summed E-state index contributed by atoms with van der Waals surface area (Å²) in [4.78, 5) is 33.4. The molecule has 1 aromatic rings. The summed E-state index contributed by atoms with van der Waals surface area (Å²) in [5, 5.41) is 27.8. The average Bonchev–Trinajstić information content (AvgIpc) is 2.61. The number of hydrogen-bond acceptors (Lipinski definition) is 4. The molecule has 1 unspecified atom stereocenters. The Hall–Kier alpha value is -2.38. The highest BCUT2D eigenvalue weighted by atomic mass is 16.6. The van der Waals surface area contributed by atoms with Gasteiger partial charge in [0.25, 0.3) is 5.69 Å². The molecule has 1 atom stereocenters. The Morgan fingerprint density at radius 2 is 2.12 bits per heavy atom. The molecule has 1 rings (SSSR count). The molecule has 0 fully saturated rings. The Morgan fingerprint density at radius 3 is 2.56 bits per heavy atom. The Kier molecular flexibility index (Phi) is 3.24. The number of nitro groups is 1. The Bertz CT molecular complexity index is 437. The SMILES string of the molecule is O=C(O)CC(C(=O)O)c1[nH]ccc1[N+](=O)[O-]. The van der Waals surface area contributed by atoms with Gasteiger partial charge in [-0.3, -0.25) is 19.7 Å². The second kappa shape index (κ2) is 4.43. The van der Waals surface area contributed by atoms with Gasteiger partial charge in [-0.1, -0.05) is 0 Å². The van der Waals surface area contributed by atoms with E-state index in [2.05, 4.69) is 4.98 Å². The Morgan fingerprint density at radius 1 is 1.50 bits per heavy atom. The first-order valence-electron chi connectivity index (χ1n) is 4.19. The molecular formula is C8H8N2O6. The van der Waals surface area contributed by atoms with E-state index in [1.807, 2.05) is 0 Å². The highest BCUT2D eigenvalue weighted by Gasteiger charge is 2.31. The van der Waals surface area contributed by atoms with E-state index in [4.69, 9.17) is 10.2 Å². The van der Waals surface area contributed by atoms with E-state index in [1.54, 1.807) is 0 Å². The van der Waals surface area contributed by atoms with Crippen molar-refractivity contribution < 1.29 is 24.7 Å². The van der Waals surface area contributed by atoms with Gasteiger partial charge in [0.15, 0.2) is 0 Å². The van der Waals surface area contributed by atoms with Gasteiger partial charge in [-0.2, -0.15) is 0 Å². The van der Waals surface area contributed by atoms with Crippen LogP contribution in [0.2, 0.25) is 0 Å². The topological polar surface area (TPSA) is 134 Å². The van der Waals surface area contributed by atoms with E-state index < -0.39 is 34.9 Å². The van der Waals surface area contributed by atoms with Gasteiger partial charge in [0, 0.05) is 12.3 Å². The summed E-state index contributed by atoms with van der Waals surface area (Å²) in [5.41, 5.74) is -0.631. The normalized spacial score (nSPS) is 12.0. The number of hydrogen-bond donors (Lipinski definition) is 3. The van der Waals surface area contributed by atoms with Gasteiger partial charge in [0.1, 0.15) is 11.6 Å². The van der Waals surface area contributed by atoms with E-state index in [0.29, 0.717) is 0 Å². The zero-order valence-electron chi connectivity index (χ0n) is 7.91. The van der Waals surface area contributed by atoms with E-state index >= 15 is 0 Å². The zero-order valence-corrected chi connectivity index (χ0v) is 7.91. The van der Waals surface area contributed by atoms with Crippen LogP contribution in [-0.4, -0.2) is 32.1 Å². The maximum absolute atomic E-state index is 10.8. The van der Waals surface area contributed by atoms with Crippen LogP contribution in [0.1, 0.15) is 18.0 Å². The number of nitrogens with one attached hydrogen (secondary N) is 1. The van der Waals surface area contributed by atoms with Crippen LogP contribution >= 0.6 is 0 Å². The summed E-state index contributed by atoms with van der Waals surface area (Å²) in [6.07, 6.45) is 0.488. The van der Waals surface area contributed by atoms with E-state index in [1.165, 1.54) is 6.20 Å². The number of carboxylic acid groups (broad SMARTS) is 2. The second-order valence-electron chi connectivity index (χ2n) is 3.02. The minimum Gasteiger partial charge on any atom is -0.481 e. The van der Waals surface area contributed by atoms with Crippen molar-refractivity contribution in [3.05, 3.63) is 28.1 Å². The number of carbonyl (C=O) groups is 2. The summed E-state index contributed by atoms with van der Waals surface area (Å²) in [6, 6.07) is 1.09. The van der Waals surface area contributed by atoms with Crippen LogP contribution in [0.4, 0.5) is 5.69 Å². The molecule has 16 heavy (non-hydrogen) atoms. The van der Waals surface area contributed by atoms with Gasteiger partial charge < -0.3 is 15.2 Å². The molecule has 3 N–H and O–H groups in total. The van der Waals surface area contributed by atoms with E-state index in [-0.39, 0.29) is 5.69 Å². The molecule has 86 valence electrons. The van der Waals surface area contributed by atoms with Crippen molar-refractivity contribution in [2.45, 2.75) is 12.3 Å². The summed E-state index contributed by atoms with van der Waals surface area (Å²) >= 11 is 0. The molecule has 8 heteroatoms. The first kappa shape index (κ1) is 11.7. The van der Waals surface area contributed by atoms with Crippen molar-refractivity contribution in [2.75, 3.05) is 0 Å². The van der Waals surface area contributed by atoms with Gasteiger partial charge in [-0.25, -0.2) is 0 Å². The summed E-state index contributed by atoms with van der Waals surface area (Å²) in [5.74, 6) is -4.21. The number of aliphatic carboxylic acids is 2. The number of carboxylic acids is 2.